The van der Waals surface area contributed by atoms with Crippen LogP contribution < -0.4 is 10.9 Å². The van der Waals surface area contributed by atoms with Crippen LogP contribution in [0.3, 0.4) is 0 Å². The quantitative estimate of drug-likeness (QED) is 0.507. The SMILES string of the molecule is CCC1NN1.Cc1ccc(CCO)cc1.OCCO. The standard InChI is InChI=1S/C9H12O.C3H8N2.C2H6O2/c1-8-2-4-9(5-3-8)6-7-10;1-2-3-4-5-3;3-1-2-4/h2-5,10H,6-7H2,1H3;3-5H,2H2,1H3;3-4H,1-2H2. The predicted molar refractivity (Wildman–Crippen MR) is 76.5 cm³/mol. The Balaban J connectivity index is 0.000000300. The molecule has 1 aliphatic heterocycles. The summed E-state index contributed by atoms with van der Waals surface area (Å²) in [6.07, 6.45) is 2.59. The van der Waals surface area contributed by atoms with Gasteiger partial charge in [-0.15, -0.1) is 0 Å². The summed E-state index contributed by atoms with van der Waals surface area (Å²) in [4.78, 5) is 0. The molecule has 1 aromatic carbocycles. The number of rotatable bonds is 4. The van der Waals surface area contributed by atoms with Crippen LogP contribution in [-0.4, -0.2) is 41.3 Å². The molecule has 0 atom stereocenters. The Bertz CT molecular complexity index is 298. The van der Waals surface area contributed by atoms with E-state index in [1.807, 2.05) is 12.1 Å². The van der Waals surface area contributed by atoms with Crippen LogP contribution in [0.2, 0.25) is 0 Å². The molecular formula is C14H26N2O3. The van der Waals surface area contributed by atoms with E-state index >= 15 is 0 Å². The summed E-state index contributed by atoms with van der Waals surface area (Å²) in [6, 6.07) is 8.22. The third kappa shape index (κ3) is 11.8. The van der Waals surface area contributed by atoms with Gasteiger partial charge in [0, 0.05) is 6.61 Å². The van der Waals surface area contributed by atoms with Gasteiger partial charge in [-0.05, 0) is 25.3 Å². The first kappa shape index (κ1) is 18.0. The average molecular weight is 270 g/mol. The van der Waals surface area contributed by atoms with Gasteiger partial charge in [0.05, 0.1) is 19.4 Å². The van der Waals surface area contributed by atoms with E-state index in [1.165, 1.54) is 17.5 Å². The van der Waals surface area contributed by atoms with Crippen molar-refractivity contribution >= 4 is 0 Å². The van der Waals surface area contributed by atoms with Gasteiger partial charge in [-0.2, -0.15) is 0 Å². The highest BCUT2D eigenvalue weighted by Gasteiger charge is 2.13. The van der Waals surface area contributed by atoms with E-state index in [4.69, 9.17) is 15.3 Å². The highest BCUT2D eigenvalue weighted by Crippen LogP contribution is 2.02. The van der Waals surface area contributed by atoms with Gasteiger partial charge in [-0.25, -0.2) is 10.9 Å². The Hall–Kier alpha value is -0.980. The maximum absolute atomic E-state index is 8.59. The first-order chi connectivity index (χ1) is 9.17. The Morgan fingerprint density at radius 1 is 0.947 bits per heavy atom. The minimum atomic E-state index is -0.125. The summed E-state index contributed by atoms with van der Waals surface area (Å²) in [7, 11) is 0. The molecule has 1 saturated heterocycles. The maximum atomic E-state index is 8.59. The van der Waals surface area contributed by atoms with E-state index in [2.05, 4.69) is 36.8 Å². The van der Waals surface area contributed by atoms with Gasteiger partial charge in [0.15, 0.2) is 0 Å². The molecule has 0 saturated carbocycles. The number of aryl methyl sites for hydroxylation is 1. The van der Waals surface area contributed by atoms with Crippen LogP contribution in [0.5, 0.6) is 0 Å². The lowest BCUT2D eigenvalue weighted by Crippen LogP contribution is -1.89. The minimum absolute atomic E-state index is 0.125. The Kier molecular flexibility index (Phi) is 11.5. The monoisotopic (exact) mass is 270 g/mol. The van der Waals surface area contributed by atoms with E-state index < -0.39 is 0 Å². The molecule has 1 aromatic rings. The van der Waals surface area contributed by atoms with Crippen molar-refractivity contribution in [3.8, 4) is 0 Å². The van der Waals surface area contributed by atoms with Crippen LogP contribution in [0.4, 0.5) is 0 Å². The fraction of sp³-hybridized carbons (Fsp3) is 0.571. The van der Waals surface area contributed by atoms with Crippen molar-refractivity contribution in [3.05, 3.63) is 35.4 Å². The number of aliphatic hydroxyl groups excluding tert-OH is 3. The number of hydrazine groups is 1. The number of hydrogen-bond acceptors (Lipinski definition) is 5. The van der Waals surface area contributed by atoms with Crippen LogP contribution in [0.15, 0.2) is 24.3 Å². The van der Waals surface area contributed by atoms with Crippen LogP contribution in [0.1, 0.15) is 24.5 Å². The molecule has 0 bridgehead atoms. The van der Waals surface area contributed by atoms with Gasteiger partial charge in [0.25, 0.3) is 0 Å². The zero-order chi connectivity index (χ0) is 14.5. The van der Waals surface area contributed by atoms with Crippen molar-refractivity contribution in [2.24, 2.45) is 0 Å². The normalized spacial score (nSPS) is 12.9. The first-order valence-electron chi connectivity index (χ1n) is 6.57. The number of aliphatic hydroxyl groups is 3. The van der Waals surface area contributed by atoms with Crippen molar-refractivity contribution in [1.82, 2.24) is 10.9 Å². The smallest absolute Gasteiger partial charge is 0.0830 e. The van der Waals surface area contributed by atoms with Crippen LogP contribution >= 0.6 is 0 Å². The van der Waals surface area contributed by atoms with Gasteiger partial charge >= 0.3 is 0 Å². The molecule has 5 N–H and O–H groups in total. The highest BCUT2D eigenvalue weighted by molar-refractivity contribution is 5.21. The molecule has 0 amide bonds. The molecule has 0 aliphatic carbocycles. The zero-order valence-corrected chi connectivity index (χ0v) is 11.8. The second-order valence-electron chi connectivity index (χ2n) is 4.16. The fourth-order valence-corrected chi connectivity index (χ4v) is 1.15. The second kappa shape index (κ2) is 12.1. The Morgan fingerprint density at radius 3 is 1.74 bits per heavy atom. The molecule has 0 aromatic heterocycles. The molecule has 1 heterocycles. The summed E-state index contributed by atoms with van der Waals surface area (Å²) in [6.45, 7) is 4.18. The van der Waals surface area contributed by atoms with E-state index in [9.17, 15) is 0 Å². The topological polar surface area (TPSA) is 105 Å². The second-order valence-corrected chi connectivity index (χ2v) is 4.16. The lowest BCUT2D eigenvalue weighted by molar-refractivity contribution is 0.186. The van der Waals surface area contributed by atoms with Crippen molar-refractivity contribution in [2.75, 3.05) is 19.8 Å². The van der Waals surface area contributed by atoms with E-state index in [0.29, 0.717) is 6.17 Å². The summed E-state index contributed by atoms with van der Waals surface area (Å²) in [5, 5.41) is 23.8. The van der Waals surface area contributed by atoms with Crippen molar-refractivity contribution < 1.29 is 15.3 Å². The first-order valence-corrected chi connectivity index (χ1v) is 6.57. The van der Waals surface area contributed by atoms with Gasteiger partial charge in [0.1, 0.15) is 0 Å². The molecule has 19 heavy (non-hydrogen) atoms. The third-order valence-electron chi connectivity index (χ3n) is 2.38. The summed E-state index contributed by atoms with van der Waals surface area (Å²) in [5.74, 6) is 0. The van der Waals surface area contributed by atoms with Crippen molar-refractivity contribution in [3.63, 3.8) is 0 Å². The number of benzene rings is 1. The fourth-order valence-electron chi connectivity index (χ4n) is 1.15. The molecular weight excluding hydrogens is 244 g/mol. The van der Waals surface area contributed by atoms with Gasteiger partial charge in [-0.3, -0.25) is 0 Å². The largest absolute Gasteiger partial charge is 0.396 e. The van der Waals surface area contributed by atoms with E-state index in [0.717, 1.165) is 6.42 Å². The van der Waals surface area contributed by atoms with Gasteiger partial charge in [0.2, 0.25) is 0 Å². The molecule has 1 aliphatic rings. The van der Waals surface area contributed by atoms with Gasteiger partial charge < -0.3 is 15.3 Å². The lowest BCUT2D eigenvalue weighted by Gasteiger charge is -1.96. The molecule has 2 rings (SSSR count). The van der Waals surface area contributed by atoms with Crippen molar-refractivity contribution in [2.45, 2.75) is 32.9 Å². The van der Waals surface area contributed by atoms with E-state index in [-0.39, 0.29) is 19.8 Å². The highest BCUT2D eigenvalue weighted by atomic mass is 16.3. The maximum Gasteiger partial charge on any atom is 0.0830 e. The third-order valence-corrected chi connectivity index (χ3v) is 2.38. The molecule has 0 radical (unpaired) electrons. The molecule has 5 nitrogen and oxygen atoms in total. The molecule has 110 valence electrons. The minimum Gasteiger partial charge on any atom is -0.396 e. The summed E-state index contributed by atoms with van der Waals surface area (Å²) < 4.78 is 0. The van der Waals surface area contributed by atoms with Crippen LogP contribution in [0.25, 0.3) is 0 Å². The van der Waals surface area contributed by atoms with Gasteiger partial charge in [-0.1, -0.05) is 36.8 Å². The molecule has 5 heteroatoms. The average Bonchev–Trinajstić information content (AvgIpc) is 3.27. The van der Waals surface area contributed by atoms with E-state index in [1.54, 1.807) is 0 Å². The summed E-state index contributed by atoms with van der Waals surface area (Å²) >= 11 is 0. The predicted octanol–water partition coefficient (Wildman–Crippen LogP) is 0.331. The Morgan fingerprint density at radius 2 is 1.47 bits per heavy atom. The zero-order valence-electron chi connectivity index (χ0n) is 11.8. The lowest BCUT2D eigenvalue weighted by atomic mass is 10.1. The van der Waals surface area contributed by atoms with Crippen molar-refractivity contribution in [1.29, 1.82) is 0 Å². The summed E-state index contributed by atoms with van der Waals surface area (Å²) in [5.41, 5.74) is 8.34. The number of hydrogen-bond donors (Lipinski definition) is 5. The van der Waals surface area contributed by atoms with Crippen LogP contribution in [0, 0.1) is 6.92 Å². The van der Waals surface area contributed by atoms with Crippen LogP contribution in [-0.2, 0) is 6.42 Å². The Labute approximate surface area is 115 Å². The molecule has 1 fully saturated rings. The number of nitrogens with one attached hydrogen (secondary N) is 2. The molecule has 0 unspecified atom stereocenters. The molecule has 0 spiro atoms.